The highest BCUT2D eigenvalue weighted by molar-refractivity contribution is 5.74. The number of hydrogen-bond donors (Lipinski definition) is 3. The number of nitrogens with one attached hydrogen (secondary N) is 3. The normalized spacial score (nSPS) is 19.9. The van der Waals surface area contributed by atoms with E-state index in [1.807, 2.05) is 4.90 Å². The molecule has 1 atom stereocenters. The second-order valence-electron chi connectivity index (χ2n) is 6.48. The average Bonchev–Trinajstić information content (AvgIpc) is 3.17. The van der Waals surface area contributed by atoms with Crippen LogP contribution in [0.15, 0.2) is 18.3 Å². The summed E-state index contributed by atoms with van der Waals surface area (Å²) in [6.07, 6.45) is 4.59. The minimum Gasteiger partial charge on any atom is -0.352 e. The Kier molecular flexibility index (Phi) is 4.21. The molecule has 0 bridgehead atoms. The number of rotatable bonds is 5. The number of H-pyrrole nitrogens is 1. The van der Waals surface area contributed by atoms with E-state index in [9.17, 15) is 9.18 Å². The Morgan fingerprint density at radius 2 is 2.28 bits per heavy atom. The third-order valence-electron chi connectivity index (χ3n) is 4.47. The van der Waals surface area contributed by atoms with E-state index in [4.69, 9.17) is 0 Å². The van der Waals surface area contributed by atoms with Crippen LogP contribution in [0.2, 0.25) is 0 Å². The number of carbonyl (C=O) groups excluding carboxylic acids is 1. The third-order valence-corrected chi connectivity index (χ3v) is 4.47. The zero-order chi connectivity index (χ0) is 17.2. The van der Waals surface area contributed by atoms with E-state index in [2.05, 4.69) is 30.8 Å². The number of nitrogens with zero attached hydrogens (tertiary/aromatic N) is 4. The van der Waals surface area contributed by atoms with E-state index in [-0.39, 0.29) is 17.9 Å². The molecule has 2 amide bonds. The molecule has 0 aromatic carbocycles. The first-order valence-electron chi connectivity index (χ1n) is 8.50. The molecule has 9 heteroatoms. The van der Waals surface area contributed by atoms with Crippen LogP contribution in [-0.2, 0) is 6.54 Å². The minimum atomic E-state index is -0.343. The SMILES string of the molecule is O=C(NCc1nc(C2CC2)n[nH]1)NC1CCN(c2ncccc2F)C1. The number of carbonyl (C=O) groups is 1. The van der Waals surface area contributed by atoms with Crippen molar-refractivity contribution in [3.63, 3.8) is 0 Å². The lowest BCUT2D eigenvalue weighted by atomic mass is 10.3. The first-order valence-corrected chi connectivity index (χ1v) is 8.50. The minimum absolute atomic E-state index is 0.0434. The maximum Gasteiger partial charge on any atom is 0.315 e. The smallest absolute Gasteiger partial charge is 0.315 e. The molecule has 1 aliphatic carbocycles. The monoisotopic (exact) mass is 345 g/mol. The van der Waals surface area contributed by atoms with Gasteiger partial charge in [0.1, 0.15) is 5.82 Å². The van der Waals surface area contributed by atoms with E-state index < -0.39 is 0 Å². The molecule has 2 aromatic rings. The molecule has 3 heterocycles. The van der Waals surface area contributed by atoms with Crippen molar-refractivity contribution in [3.05, 3.63) is 35.8 Å². The van der Waals surface area contributed by atoms with E-state index in [1.165, 1.54) is 6.07 Å². The van der Waals surface area contributed by atoms with Crippen LogP contribution in [0.25, 0.3) is 0 Å². The lowest BCUT2D eigenvalue weighted by molar-refractivity contribution is 0.237. The van der Waals surface area contributed by atoms with E-state index in [1.54, 1.807) is 12.3 Å². The highest BCUT2D eigenvalue weighted by Crippen LogP contribution is 2.37. The van der Waals surface area contributed by atoms with Gasteiger partial charge < -0.3 is 15.5 Å². The van der Waals surface area contributed by atoms with Crippen LogP contribution in [0.1, 0.15) is 36.8 Å². The Morgan fingerprint density at radius 1 is 1.40 bits per heavy atom. The quantitative estimate of drug-likeness (QED) is 0.758. The second kappa shape index (κ2) is 6.66. The highest BCUT2D eigenvalue weighted by atomic mass is 19.1. The Morgan fingerprint density at radius 3 is 3.08 bits per heavy atom. The maximum atomic E-state index is 13.8. The summed E-state index contributed by atoms with van der Waals surface area (Å²) >= 11 is 0. The molecule has 2 fully saturated rings. The summed E-state index contributed by atoms with van der Waals surface area (Å²) < 4.78 is 13.8. The molecule has 4 rings (SSSR count). The van der Waals surface area contributed by atoms with Crippen molar-refractivity contribution in [2.75, 3.05) is 18.0 Å². The molecule has 1 saturated heterocycles. The van der Waals surface area contributed by atoms with Crippen LogP contribution in [0.3, 0.4) is 0 Å². The molecule has 1 saturated carbocycles. The summed E-state index contributed by atoms with van der Waals surface area (Å²) in [4.78, 5) is 22.3. The highest BCUT2D eigenvalue weighted by Gasteiger charge is 2.28. The Bertz CT molecular complexity index is 760. The zero-order valence-corrected chi connectivity index (χ0v) is 13.7. The second-order valence-corrected chi connectivity index (χ2v) is 6.48. The number of halogens is 1. The van der Waals surface area contributed by atoms with Crippen molar-refractivity contribution in [2.45, 2.75) is 37.8 Å². The van der Waals surface area contributed by atoms with Gasteiger partial charge in [0.15, 0.2) is 17.5 Å². The molecule has 25 heavy (non-hydrogen) atoms. The van der Waals surface area contributed by atoms with Crippen LogP contribution in [0.5, 0.6) is 0 Å². The summed E-state index contributed by atoms with van der Waals surface area (Å²) in [5, 5.41) is 12.7. The van der Waals surface area contributed by atoms with Crippen molar-refractivity contribution in [1.29, 1.82) is 0 Å². The molecular weight excluding hydrogens is 325 g/mol. The topological polar surface area (TPSA) is 98.8 Å². The van der Waals surface area contributed by atoms with Crippen LogP contribution in [0.4, 0.5) is 15.0 Å². The summed E-state index contributed by atoms with van der Waals surface area (Å²) in [6.45, 7) is 1.50. The fourth-order valence-corrected chi connectivity index (χ4v) is 2.99. The summed E-state index contributed by atoms with van der Waals surface area (Å²) in [7, 11) is 0. The summed E-state index contributed by atoms with van der Waals surface area (Å²) in [5.74, 6) is 1.96. The van der Waals surface area contributed by atoms with Crippen LogP contribution < -0.4 is 15.5 Å². The standard InChI is InChI=1S/C16H20FN7O/c17-12-2-1-6-18-15(12)24-7-5-11(9-24)20-16(25)19-8-13-21-14(23-22-13)10-3-4-10/h1-2,6,10-11H,3-5,7-9H2,(H2,19,20,25)(H,21,22,23). The van der Waals surface area contributed by atoms with Crippen LogP contribution >= 0.6 is 0 Å². The predicted octanol–water partition coefficient (Wildman–Crippen LogP) is 1.29. The number of anilines is 1. The molecule has 1 aliphatic heterocycles. The lowest BCUT2D eigenvalue weighted by Gasteiger charge is -2.18. The zero-order valence-electron chi connectivity index (χ0n) is 13.7. The number of hydrogen-bond acceptors (Lipinski definition) is 5. The fourth-order valence-electron chi connectivity index (χ4n) is 2.99. The van der Waals surface area contributed by atoms with Crippen LogP contribution in [-0.4, -0.2) is 45.3 Å². The van der Waals surface area contributed by atoms with Gasteiger partial charge in [-0.1, -0.05) is 0 Å². The van der Waals surface area contributed by atoms with Gasteiger partial charge in [-0.25, -0.2) is 19.2 Å². The molecule has 0 spiro atoms. The Hall–Kier alpha value is -2.71. The van der Waals surface area contributed by atoms with Gasteiger partial charge in [0.2, 0.25) is 0 Å². The fraction of sp³-hybridized carbons (Fsp3) is 0.500. The van der Waals surface area contributed by atoms with E-state index >= 15 is 0 Å². The first-order chi connectivity index (χ1) is 12.2. The number of aromatic amines is 1. The van der Waals surface area contributed by atoms with Gasteiger partial charge in [0.05, 0.1) is 6.54 Å². The molecule has 1 unspecified atom stereocenters. The van der Waals surface area contributed by atoms with Gasteiger partial charge in [0, 0.05) is 31.2 Å². The predicted molar refractivity (Wildman–Crippen MR) is 88.5 cm³/mol. The van der Waals surface area contributed by atoms with Crippen molar-refractivity contribution in [2.24, 2.45) is 0 Å². The number of amides is 2. The van der Waals surface area contributed by atoms with Gasteiger partial charge >= 0.3 is 6.03 Å². The molecular formula is C16H20FN7O. The summed E-state index contributed by atoms with van der Waals surface area (Å²) in [5.41, 5.74) is 0. The molecule has 2 aromatic heterocycles. The van der Waals surface area contributed by atoms with Gasteiger partial charge in [0.25, 0.3) is 0 Å². The summed E-state index contributed by atoms with van der Waals surface area (Å²) in [6, 6.07) is 2.65. The van der Waals surface area contributed by atoms with Gasteiger partial charge in [-0.05, 0) is 31.4 Å². The Labute approximate surface area is 144 Å². The van der Waals surface area contributed by atoms with Crippen molar-refractivity contribution < 1.29 is 9.18 Å². The molecule has 132 valence electrons. The Balaban J connectivity index is 1.24. The van der Waals surface area contributed by atoms with Gasteiger partial charge in [-0.15, -0.1) is 0 Å². The van der Waals surface area contributed by atoms with Crippen molar-refractivity contribution >= 4 is 11.8 Å². The molecule has 3 N–H and O–H groups in total. The van der Waals surface area contributed by atoms with Crippen molar-refractivity contribution in [3.8, 4) is 0 Å². The van der Waals surface area contributed by atoms with Crippen molar-refractivity contribution in [1.82, 2.24) is 30.8 Å². The molecule has 8 nitrogen and oxygen atoms in total. The molecule has 0 radical (unpaired) electrons. The number of aromatic nitrogens is 4. The first kappa shape index (κ1) is 15.8. The lowest BCUT2D eigenvalue weighted by Crippen LogP contribution is -2.43. The van der Waals surface area contributed by atoms with Gasteiger partial charge in [-0.2, -0.15) is 5.10 Å². The van der Waals surface area contributed by atoms with Crippen LogP contribution in [0, 0.1) is 5.82 Å². The van der Waals surface area contributed by atoms with E-state index in [0.29, 0.717) is 37.2 Å². The molecule has 2 aliphatic rings. The largest absolute Gasteiger partial charge is 0.352 e. The number of urea groups is 1. The van der Waals surface area contributed by atoms with Gasteiger partial charge in [-0.3, -0.25) is 5.10 Å². The average molecular weight is 345 g/mol. The maximum absolute atomic E-state index is 13.8. The third kappa shape index (κ3) is 3.70. The van der Waals surface area contributed by atoms with E-state index in [0.717, 1.165) is 25.1 Å². The number of pyridine rings is 1.